The molecule has 1 saturated heterocycles. The summed E-state index contributed by atoms with van der Waals surface area (Å²) in [5.41, 5.74) is 2.93. The second kappa shape index (κ2) is 7.18. The molecule has 3 nitrogen and oxygen atoms in total. The van der Waals surface area contributed by atoms with Gasteiger partial charge in [-0.05, 0) is 79.1 Å². The summed E-state index contributed by atoms with van der Waals surface area (Å²) in [7, 11) is 0. The van der Waals surface area contributed by atoms with E-state index in [0.717, 1.165) is 25.7 Å². The van der Waals surface area contributed by atoms with E-state index in [1.165, 1.54) is 18.4 Å². The van der Waals surface area contributed by atoms with Crippen molar-refractivity contribution in [1.29, 1.82) is 0 Å². The van der Waals surface area contributed by atoms with Crippen molar-refractivity contribution in [3.63, 3.8) is 0 Å². The van der Waals surface area contributed by atoms with Crippen molar-refractivity contribution in [3.8, 4) is 0 Å². The average molecular weight is 429 g/mol. The van der Waals surface area contributed by atoms with Gasteiger partial charge in [0.1, 0.15) is 17.8 Å². The molecule has 174 valence electrons. The second-order valence-electron chi connectivity index (χ2n) is 12.6. The number of ether oxygens (including phenoxy) is 1. The summed E-state index contributed by atoms with van der Waals surface area (Å²) in [5.74, 6) is 2.95. The van der Waals surface area contributed by atoms with Gasteiger partial charge in [-0.15, -0.1) is 0 Å². The molecule has 31 heavy (non-hydrogen) atoms. The number of rotatable bonds is 4. The van der Waals surface area contributed by atoms with Crippen molar-refractivity contribution >= 4 is 0 Å². The van der Waals surface area contributed by atoms with Crippen LogP contribution >= 0.6 is 0 Å². The van der Waals surface area contributed by atoms with Gasteiger partial charge in [0, 0.05) is 11.8 Å². The van der Waals surface area contributed by atoms with Gasteiger partial charge >= 0.3 is 0 Å². The normalized spacial score (nSPS) is 50.7. The molecule has 4 fully saturated rings. The van der Waals surface area contributed by atoms with E-state index in [4.69, 9.17) is 4.74 Å². The van der Waals surface area contributed by atoms with Crippen LogP contribution in [-0.4, -0.2) is 34.1 Å². The number of epoxide rings is 1. The molecule has 1 aliphatic heterocycles. The van der Waals surface area contributed by atoms with Crippen molar-refractivity contribution < 1.29 is 14.9 Å². The summed E-state index contributed by atoms with van der Waals surface area (Å²) in [5, 5.41) is 21.9. The predicted molar refractivity (Wildman–Crippen MR) is 124 cm³/mol. The van der Waals surface area contributed by atoms with Crippen LogP contribution in [0.3, 0.4) is 0 Å². The largest absolute Gasteiger partial charge is 0.393 e. The zero-order valence-electron chi connectivity index (χ0n) is 20.5. The maximum Gasteiger partial charge on any atom is 0.118 e. The fourth-order valence-corrected chi connectivity index (χ4v) is 8.48. The minimum Gasteiger partial charge on any atom is -0.393 e. The van der Waals surface area contributed by atoms with Crippen LogP contribution in [0.1, 0.15) is 86.5 Å². The van der Waals surface area contributed by atoms with Gasteiger partial charge in [0.05, 0.1) is 6.10 Å². The lowest BCUT2D eigenvalue weighted by atomic mass is 9.48. The van der Waals surface area contributed by atoms with E-state index in [0.29, 0.717) is 36.0 Å². The van der Waals surface area contributed by atoms with Crippen molar-refractivity contribution in [3.05, 3.63) is 23.3 Å². The van der Waals surface area contributed by atoms with Crippen LogP contribution in [0.4, 0.5) is 0 Å². The first kappa shape index (κ1) is 22.2. The maximum absolute atomic E-state index is 11.5. The molecule has 0 aromatic rings. The fraction of sp³-hybridized carbons (Fsp3) is 0.857. The van der Waals surface area contributed by atoms with E-state index in [2.05, 4.69) is 53.7 Å². The van der Waals surface area contributed by atoms with Crippen LogP contribution in [-0.2, 0) is 4.74 Å². The van der Waals surface area contributed by atoms with Crippen LogP contribution < -0.4 is 0 Å². The van der Waals surface area contributed by atoms with Gasteiger partial charge in [-0.1, -0.05) is 59.3 Å². The molecule has 10 unspecified atom stereocenters. The number of hydrogen-bond donors (Lipinski definition) is 2. The van der Waals surface area contributed by atoms with Gasteiger partial charge < -0.3 is 14.9 Å². The molecule has 4 aliphatic carbocycles. The minimum absolute atomic E-state index is 0.0656. The molecule has 0 aromatic heterocycles. The first-order valence-electron chi connectivity index (χ1n) is 13.0. The molecule has 1 spiro atoms. The van der Waals surface area contributed by atoms with E-state index in [9.17, 15) is 10.2 Å². The van der Waals surface area contributed by atoms with Crippen molar-refractivity contribution in [2.75, 3.05) is 0 Å². The van der Waals surface area contributed by atoms with Crippen molar-refractivity contribution in [2.24, 2.45) is 40.4 Å². The van der Waals surface area contributed by atoms with Crippen LogP contribution in [0, 0.1) is 40.4 Å². The molecule has 1 heterocycles. The van der Waals surface area contributed by atoms with Crippen molar-refractivity contribution in [2.45, 2.75) is 110 Å². The lowest BCUT2D eigenvalue weighted by molar-refractivity contribution is -0.0512. The van der Waals surface area contributed by atoms with E-state index >= 15 is 0 Å². The SMILES string of the molecule is CC(C)C(C)/C=C/C(C)C1CCC2=C3C(O)C4OC45CC(O)CCC5(C)C3CCC21C. The lowest BCUT2D eigenvalue weighted by Gasteiger charge is -2.55. The molecular weight excluding hydrogens is 384 g/mol. The Kier molecular flexibility index (Phi) is 5.13. The smallest absolute Gasteiger partial charge is 0.118 e. The number of aliphatic hydroxyl groups excluding tert-OH is 2. The Hall–Kier alpha value is -0.640. The zero-order chi connectivity index (χ0) is 22.3. The van der Waals surface area contributed by atoms with E-state index in [-0.39, 0.29) is 28.6 Å². The Morgan fingerprint density at radius 1 is 1.00 bits per heavy atom. The molecule has 0 amide bonds. The summed E-state index contributed by atoms with van der Waals surface area (Å²) < 4.78 is 6.33. The molecule has 3 heteroatoms. The first-order valence-corrected chi connectivity index (χ1v) is 13.0. The molecule has 5 rings (SSSR count). The highest BCUT2D eigenvalue weighted by Crippen LogP contribution is 2.72. The Morgan fingerprint density at radius 3 is 2.45 bits per heavy atom. The highest BCUT2D eigenvalue weighted by atomic mass is 16.6. The summed E-state index contributed by atoms with van der Waals surface area (Å²) >= 11 is 0. The van der Waals surface area contributed by atoms with Gasteiger partial charge in [0.2, 0.25) is 0 Å². The van der Waals surface area contributed by atoms with E-state index < -0.39 is 6.10 Å². The molecule has 10 atom stereocenters. The van der Waals surface area contributed by atoms with Gasteiger partial charge in [0.15, 0.2) is 0 Å². The van der Waals surface area contributed by atoms with E-state index in [1.807, 2.05) is 0 Å². The Morgan fingerprint density at radius 2 is 1.74 bits per heavy atom. The quantitative estimate of drug-likeness (QED) is 0.449. The van der Waals surface area contributed by atoms with Crippen molar-refractivity contribution in [1.82, 2.24) is 0 Å². The number of allylic oxidation sites excluding steroid dienone is 3. The molecular formula is C28H44O3. The maximum atomic E-state index is 11.5. The van der Waals surface area contributed by atoms with Crippen LogP contribution in [0.15, 0.2) is 23.3 Å². The van der Waals surface area contributed by atoms with Gasteiger partial charge in [-0.3, -0.25) is 0 Å². The minimum atomic E-state index is -0.469. The van der Waals surface area contributed by atoms with E-state index in [1.54, 1.807) is 5.57 Å². The number of fused-ring (bicyclic) bond motifs is 3. The van der Waals surface area contributed by atoms with Gasteiger partial charge in [0.25, 0.3) is 0 Å². The molecule has 5 aliphatic rings. The lowest BCUT2D eigenvalue weighted by Crippen LogP contribution is -2.57. The highest BCUT2D eigenvalue weighted by molar-refractivity contribution is 5.43. The Balaban J connectivity index is 1.47. The third-order valence-corrected chi connectivity index (χ3v) is 10.9. The number of aliphatic hydroxyl groups is 2. The van der Waals surface area contributed by atoms with Crippen LogP contribution in [0.5, 0.6) is 0 Å². The summed E-state index contributed by atoms with van der Waals surface area (Å²) in [6, 6.07) is 0. The third-order valence-electron chi connectivity index (χ3n) is 10.9. The third kappa shape index (κ3) is 2.95. The second-order valence-corrected chi connectivity index (χ2v) is 12.6. The fourth-order valence-electron chi connectivity index (χ4n) is 8.48. The highest BCUT2D eigenvalue weighted by Gasteiger charge is 2.77. The molecule has 2 N–H and O–H groups in total. The zero-order valence-corrected chi connectivity index (χ0v) is 20.5. The monoisotopic (exact) mass is 428 g/mol. The van der Waals surface area contributed by atoms with Crippen LogP contribution in [0.2, 0.25) is 0 Å². The molecule has 0 aromatic carbocycles. The standard InChI is InChI=1S/C28H44O3/c1-16(2)17(3)7-8-18(4)20-9-10-21-23-22(12-13-26(20,21)5)27(6)14-11-19(29)15-28(27)25(31-28)24(23)30/h7-8,16-20,22,24-25,29-30H,9-15H2,1-6H3/b8-7+. The van der Waals surface area contributed by atoms with Gasteiger partial charge in [-0.25, -0.2) is 0 Å². The molecule has 3 saturated carbocycles. The topological polar surface area (TPSA) is 53.0 Å². The average Bonchev–Trinajstić information content (AvgIpc) is 3.34. The summed E-state index contributed by atoms with van der Waals surface area (Å²) in [4.78, 5) is 0. The Labute approximate surface area is 189 Å². The predicted octanol–water partition coefficient (Wildman–Crippen LogP) is 5.66. The molecule has 0 radical (unpaired) electrons. The number of hydrogen-bond acceptors (Lipinski definition) is 3. The van der Waals surface area contributed by atoms with Crippen LogP contribution in [0.25, 0.3) is 0 Å². The first-order chi connectivity index (χ1) is 14.5. The summed E-state index contributed by atoms with van der Waals surface area (Å²) in [6.45, 7) is 14.2. The van der Waals surface area contributed by atoms with Gasteiger partial charge in [-0.2, -0.15) is 0 Å². The summed E-state index contributed by atoms with van der Waals surface area (Å²) in [6.07, 6.45) is 11.4. The Bertz CT molecular complexity index is 798. The molecule has 0 bridgehead atoms.